The second-order valence-electron chi connectivity index (χ2n) is 6.01. The highest BCUT2D eigenvalue weighted by atomic mass is 32.2. The molecule has 1 aromatic carbocycles. The van der Waals surface area contributed by atoms with E-state index in [2.05, 4.69) is 33.9 Å². The summed E-state index contributed by atoms with van der Waals surface area (Å²) in [6.07, 6.45) is 6.39. The van der Waals surface area contributed by atoms with E-state index in [0.717, 1.165) is 31.6 Å². The van der Waals surface area contributed by atoms with Gasteiger partial charge in [-0.1, -0.05) is 25.1 Å². The van der Waals surface area contributed by atoms with Crippen LogP contribution in [0.5, 0.6) is 0 Å². The van der Waals surface area contributed by atoms with Crippen molar-refractivity contribution in [3.8, 4) is 0 Å². The maximum absolute atomic E-state index is 12.6. The Kier molecular flexibility index (Phi) is 5.39. The fourth-order valence-electron chi connectivity index (χ4n) is 2.89. The lowest BCUT2D eigenvalue weighted by molar-refractivity contribution is -0.126. The quantitative estimate of drug-likeness (QED) is 0.828. The minimum Gasteiger partial charge on any atom is -0.352 e. The van der Waals surface area contributed by atoms with Crippen molar-refractivity contribution in [3.05, 3.63) is 48.5 Å². The third-order valence-electron chi connectivity index (χ3n) is 4.38. The van der Waals surface area contributed by atoms with Crippen LogP contribution in [0.4, 0.5) is 0 Å². The number of benzene rings is 1. The van der Waals surface area contributed by atoms with Crippen LogP contribution in [0.3, 0.4) is 0 Å². The Bertz CT molecular complexity index is 641. The van der Waals surface area contributed by atoms with Crippen molar-refractivity contribution >= 4 is 17.7 Å². The average molecular weight is 329 g/mol. The minimum absolute atomic E-state index is 0.0787. The summed E-state index contributed by atoms with van der Waals surface area (Å²) in [6.45, 7) is 3.02. The summed E-state index contributed by atoms with van der Waals surface area (Å²) < 4.78 is 2.15. The molecule has 0 fully saturated rings. The van der Waals surface area contributed by atoms with Crippen molar-refractivity contribution in [1.82, 2.24) is 14.9 Å². The van der Waals surface area contributed by atoms with Crippen molar-refractivity contribution in [2.24, 2.45) is 5.92 Å². The Morgan fingerprint density at radius 2 is 2.26 bits per heavy atom. The van der Waals surface area contributed by atoms with E-state index in [1.165, 1.54) is 10.6 Å². The number of hydrogen-bond acceptors (Lipinski definition) is 3. The predicted molar refractivity (Wildman–Crippen MR) is 93.4 cm³/mol. The van der Waals surface area contributed by atoms with E-state index in [1.54, 1.807) is 11.8 Å². The van der Waals surface area contributed by atoms with E-state index < -0.39 is 0 Å². The van der Waals surface area contributed by atoms with Gasteiger partial charge in [-0.25, -0.2) is 4.98 Å². The van der Waals surface area contributed by atoms with E-state index in [0.29, 0.717) is 0 Å². The van der Waals surface area contributed by atoms with E-state index in [9.17, 15) is 4.79 Å². The van der Waals surface area contributed by atoms with Gasteiger partial charge in [0.15, 0.2) is 0 Å². The van der Waals surface area contributed by atoms with Gasteiger partial charge >= 0.3 is 0 Å². The molecule has 0 saturated carbocycles. The van der Waals surface area contributed by atoms with Gasteiger partial charge < -0.3 is 9.88 Å². The Morgan fingerprint density at radius 3 is 3.04 bits per heavy atom. The molecule has 2 aromatic rings. The van der Waals surface area contributed by atoms with Gasteiger partial charge in [0, 0.05) is 47.5 Å². The zero-order valence-corrected chi connectivity index (χ0v) is 14.3. The standard InChI is InChI=1S/C18H23N3OS/c1-2-15(12-23-17-6-4-3-5-7-17)20-18(22)14-8-9-21-13-19-11-16(21)10-14/h3-7,11,13-15H,2,8-10,12H2,1H3,(H,20,22)/t14-,15-/m0/s1. The Balaban J connectivity index is 1.51. The molecule has 3 rings (SSSR count). The molecule has 1 aromatic heterocycles. The third kappa shape index (κ3) is 4.16. The molecule has 0 aliphatic carbocycles. The lowest BCUT2D eigenvalue weighted by Crippen LogP contribution is -2.42. The molecule has 0 radical (unpaired) electrons. The summed E-state index contributed by atoms with van der Waals surface area (Å²) >= 11 is 1.80. The molecule has 0 saturated heterocycles. The van der Waals surface area contributed by atoms with Crippen molar-refractivity contribution < 1.29 is 4.79 Å². The van der Waals surface area contributed by atoms with Crippen molar-refractivity contribution in [1.29, 1.82) is 0 Å². The predicted octanol–water partition coefficient (Wildman–Crippen LogP) is 3.13. The summed E-state index contributed by atoms with van der Waals surface area (Å²) in [5.41, 5.74) is 1.17. The largest absolute Gasteiger partial charge is 0.352 e. The first kappa shape index (κ1) is 16.1. The molecule has 1 N–H and O–H groups in total. The molecule has 0 spiro atoms. The van der Waals surface area contributed by atoms with Crippen molar-refractivity contribution in [3.63, 3.8) is 0 Å². The van der Waals surface area contributed by atoms with Crippen molar-refractivity contribution in [2.75, 3.05) is 5.75 Å². The number of hydrogen-bond donors (Lipinski definition) is 1. The summed E-state index contributed by atoms with van der Waals surface area (Å²) in [5.74, 6) is 1.18. The van der Waals surface area contributed by atoms with Gasteiger partial charge in [0.2, 0.25) is 5.91 Å². The first-order valence-corrected chi connectivity index (χ1v) is 9.22. The normalized spacial score (nSPS) is 18.2. The summed E-state index contributed by atoms with van der Waals surface area (Å²) in [5, 5.41) is 3.24. The highest BCUT2D eigenvalue weighted by Gasteiger charge is 2.26. The molecule has 23 heavy (non-hydrogen) atoms. The lowest BCUT2D eigenvalue weighted by Gasteiger charge is -2.25. The summed E-state index contributed by atoms with van der Waals surface area (Å²) in [7, 11) is 0. The highest BCUT2D eigenvalue weighted by molar-refractivity contribution is 7.99. The molecule has 2 atom stereocenters. The molecule has 5 heteroatoms. The van der Waals surface area contributed by atoms with Gasteiger partial charge in [-0.15, -0.1) is 11.8 Å². The molecule has 0 unspecified atom stereocenters. The zero-order chi connectivity index (χ0) is 16.1. The maximum atomic E-state index is 12.6. The number of aryl methyl sites for hydroxylation is 1. The van der Waals surface area contributed by atoms with Gasteiger partial charge in [-0.05, 0) is 25.0 Å². The fraction of sp³-hybridized carbons (Fsp3) is 0.444. The number of rotatable bonds is 6. The molecule has 122 valence electrons. The average Bonchev–Trinajstić information content (AvgIpc) is 3.07. The molecule has 1 aliphatic rings. The smallest absolute Gasteiger partial charge is 0.223 e. The monoisotopic (exact) mass is 329 g/mol. The fourth-order valence-corrected chi connectivity index (χ4v) is 3.95. The topological polar surface area (TPSA) is 46.9 Å². The third-order valence-corrected chi connectivity index (χ3v) is 5.55. The number of fused-ring (bicyclic) bond motifs is 1. The number of nitrogens with one attached hydrogen (secondary N) is 1. The minimum atomic E-state index is 0.0787. The summed E-state index contributed by atoms with van der Waals surface area (Å²) in [4.78, 5) is 18.0. The van der Waals surface area contributed by atoms with Gasteiger partial charge in [0.05, 0.1) is 6.33 Å². The van der Waals surface area contributed by atoms with Gasteiger partial charge in [0.25, 0.3) is 0 Å². The van der Waals surface area contributed by atoms with Crippen LogP contribution in [0.2, 0.25) is 0 Å². The van der Waals surface area contributed by atoms with Gasteiger partial charge in [-0.2, -0.15) is 0 Å². The van der Waals surface area contributed by atoms with Crippen LogP contribution in [0.25, 0.3) is 0 Å². The van der Waals surface area contributed by atoms with Crippen LogP contribution in [0.15, 0.2) is 47.8 Å². The van der Waals surface area contributed by atoms with Crippen LogP contribution in [-0.4, -0.2) is 27.3 Å². The summed E-state index contributed by atoms with van der Waals surface area (Å²) in [6, 6.07) is 10.6. The van der Waals surface area contributed by atoms with Crippen molar-refractivity contribution in [2.45, 2.75) is 43.7 Å². The number of carbonyl (C=O) groups excluding carboxylic acids is 1. The lowest BCUT2D eigenvalue weighted by atomic mass is 9.95. The molecular formula is C18H23N3OS. The highest BCUT2D eigenvalue weighted by Crippen LogP contribution is 2.22. The number of amides is 1. The molecular weight excluding hydrogens is 306 g/mol. The number of carbonyl (C=O) groups is 1. The molecule has 2 heterocycles. The van der Waals surface area contributed by atoms with E-state index in [-0.39, 0.29) is 17.9 Å². The van der Waals surface area contributed by atoms with Crippen LogP contribution in [0, 0.1) is 5.92 Å². The van der Waals surface area contributed by atoms with E-state index in [4.69, 9.17) is 0 Å². The molecule has 1 amide bonds. The number of aromatic nitrogens is 2. The maximum Gasteiger partial charge on any atom is 0.223 e. The SMILES string of the molecule is CC[C@@H](CSc1ccccc1)NC(=O)[C@H]1CCn2cncc2C1. The molecule has 4 nitrogen and oxygen atoms in total. The number of thioether (sulfide) groups is 1. The second kappa shape index (κ2) is 7.68. The van der Waals surface area contributed by atoms with E-state index >= 15 is 0 Å². The Hall–Kier alpha value is -1.75. The molecule has 0 bridgehead atoms. The molecule has 1 aliphatic heterocycles. The van der Waals surface area contributed by atoms with Crippen LogP contribution >= 0.6 is 11.8 Å². The second-order valence-corrected chi connectivity index (χ2v) is 7.10. The Morgan fingerprint density at radius 1 is 1.43 bits per heavy atom. The van der Waals surface area contributed by atoms with E-state index in [1.807, 2.05) is 30.7 Å². The van der Waals surface area contributed by atoms with Crippen LogP contribution < -0.4 is 5.32 Å². The number of nitrogens with zero attached hydrogens (tertiary/aromatic N) is 2. The Labute approximate surface area is 141 Å². The number of imidazole rings is 1. The van der Waals surface area contributed by atoms with Crippen LogP contribution in [0.1, 0.15) is 25.5 Å². The zero-order valence-electron chi connectivity index (χ0n) is 13.4. The van der Waals surface area contributed by atoms with Crippen LogP contribution in [-0.2, 0) is 17.8 Å². The van der Waals surface area contributed by atoms with Gasteiger partial charge in [-0.3, -0.25) is 4.79 Å². The first-order chi connectivity index (χ1) is 11.3. The first-order valence-electron chi connectivity index (χ1n) is 8.23. The van der Waals surface area contributed by atoms with Gasteiger partial charge in [0.1, 0.15) is 0 Å².